The summed E-state index contributed by atoms with van der Waals surface area (Å²) in [4.78, 5) is 24.1. The molecule has 0 unspecified atom stereocenters. The van der Waals surface area contributed by atoms with Gasteiger partial charge in [-0.25, -0.2) is 10.2 Å². The molecule has 0 heterocycles. The molecule has 0 spiro atoms. The summed E-state index contributed by atoms with van der Waals surface area (Å²) in [6.45, 7) is 3.73. The summed E-state index contributed by atoms with van der Waals surface area (Å²) in [5, 5.41) is 3.93. The SMILES string of the molecule is Cc1cccc(C)c1OCC(=O)N/N=C/c1ccc(OC(=O)c2cccc(Br)c2)cc1. The number of halogens is 1. The van der Waals surface area contributed by atoms with Crippen molar-refractivity contribution in [1.29, 1.82) is 0 Å². The zero-order chi connectivity index (χ0) is 22.2. The van der Waals surface area contributed by atoms with Crippen molar-refractivity contribution in [1.82, 2.24) is 5.43 Å². The average Bonchev–Trinajstić information content (AvgIpc) is 2.74. The standard InChI is InChI=1S/C24H21BrN2O4/c1-16-5-3-6-17(2)23(16)30-15-22(28)27-26-14-18-9-11-21(12-10-18)31-24(29)19-7-4-8-20(25)13-19/h3-14H,15H2,1-2H3,(H,27,28)/b26-14+. The highest BCUT2D eigenvalue weighted by Gasteiger charge is 2.09. The van der Waals surface area contributed by atoms with Crippen molar-refractivity contribution in [3.05, 3.63) is 93.5 Å². The summed E-state index contributed by atoms with van der Waals surface area (Å²) in [6, 6.07) is 19.5. The van der Waals surface area contributed by atoms with Gasteiger partial charge in [-0.05, 0) is 73.0 Å². The van der Waals surface area contributed by atoms with Crippen molar-refractivity contribution in [2.75, 3.05) is 6.61 Å². The van der Waals surface area contributed by atoms with Gasteiger partial charge in [0.05, 0.1) is 11.8 Å². The molecule has 0 fully saturated rings. The van der Waals surface area contributed by atoms with Crippen LogP contribution in [-0.4, -0.2) is 24.7 Å². The van der Waals surface area contributed by atoms with Crippen molar-refractivity contribution < 1.29 is 19.1 Å². The van der Waals surface area contributed by atoms with Gasteiger partial charge >= 0.3 is 5.97 Å². The van der Waals surface area contributed by atoms with Crippen LogP contribution in [0, 0.1) is 13.8 Å². The smallest absolute Gasteiger partial charge is 0.343 e. The Hall–Kier alpha value is -3.45. The van der Waals surface area contributed by atoms with Crippen LogP contribution in [-0.2, 0) is 4.79 Å². The number of hydrazone groups is 1. The number of carbonyl (C=O) groups excluding carboxylic acids is 2. The van der Waals surface area contributed by atoms with Crippen LogP contribution in [0.5, 0.6) is 11.5 Å². The van der Waals surface area contributed by atoms with Gasteiger partial charge in [0.15, 0.2) is 6.61 Å². The summed E-state index contributed by atoms with van der Waals surface area (Å²) in [5.74, 6) is 0.306. The minimum Gasteiger partial charge on any atom is -0.483 e. The number of aryl methyl sites for hydroxylation is 2. The lowest BCUT2D eigenvalue weighted by Crippen LogP contribution is -2.25. The third-order valence-electron chi connectivity index (χ3n) is 4.31. The van der Waals surface area contributed by atoms with Gasteiger partial charge in [0.1, 0.15) is 11.5 Å². The second-order valence-electron chi connectivity index (χ2n) is 6.77. The lowest BCUT2D eigenvalue weighted by atomic mass is 10.1. The first-order chi connectivity index (χ1) is 14.9. The van der Waals surface area contributed by atoms with Gasteiger partial charge in [-0.3, -0.25) is 4.79 Å². The van der Waals surface area contributed by atoms with Gasteiger partial charge < -0.3 is 9.47 Å². The van der Waals surface area contributed by atoms with Crippen molar-refractivity contribution in [3.63, 3.8) is 0 Å². The van der Waals surface area contributed by atoms with E-state index in [2.05, 4.69) is 26.5 Å². The number of nitrogens with zero attached hydrogens (tertiary/aromatic N) is 1. The molecule has 0 radical (unpaired) electrons. The molecule has 0 saturated heterocycles. The molecular formula is C24H21BrN2O4. The van der Waals surface area contributed by atoms with Crippen molar-refractivity contribution >= 4 is 34.0 Å². The minimum atomic E-state index is -0.445. The van der Waals surface area contributed by atoms with E-state index in [0.29, 0.717) is 17.1 Å². The van der Waals surface area contributed by atoms with Crippen molar-refractivity contribution in [2.24, 2.45) is 5.10 Å². The Morgan fingerprint density at radius 3 is 2.35 bits per heavy atom. The maximum Gasteiger partial charge on any atom is 0.343 e. The van der Waals surface area contributed by atoms with Crippen LogP contribution in [0.4, 0.5) is 0 Å². The normalized spacial score (nSPS) is 10.7. The molecule has 1 N–H and O–H groups in total. The van der Waals surface area contributed by atoms with Crippen LogP contribution in [0.15, 0.2) is 76.3 Å². The van der Waals surface area contributed by atoms with E-state index < -0.39 is 5.97 Å². The number of hydrogen-bond acceptors (Lipinski definition) is 5. The monoisotopic (exact) mass is 480 g/mol. The van der Waals surface area contributed by atoms with Crippen LogP contribution >= 0.6 is 15.9 Å². The second kappa shape index (κ2) is 10.5. The fourth-order valence-corrected chi connectivity index (χ4v) is 3.18. The fourth-order valence-electron chi connectivity index (χ4n) is 2.78. The zero-order valence-corrected chi connectivity index (χ0v) is 18.7. The Balaban J connectivity index is 1.49. The number of hydrogen-bond donors (Lipinski definition) is 1. The topological polar surface area (TPSA) is 77.0 Å². The number of para-hydroxylation sites is 1. The van der Waals surface area contributed by atoms with E-state index in [0.717, 1.165) is 21.2 Å². The van der Waals surface area contributed by atoms with Crippen LogP contribution in [0.3, 0.4) is 0 Å². The number of ether oxygens (including phenoxy) is 2. The van der Waals surface area contributed by atoms with Crippen LogP contribution in [0.1, 0.15) is 27.0 Å². The molecular weight excluding hydrogens is 460 g/mol. The molecule has 7 heteroatoms. The number of nitrogens with one attached hydrogen (secondary N) is 1. The molecule has 3 aromatic carbocycles. The first kappa shape index (κ1) is 22.2. The van der Waals surface area contributed by atoms with Crippen LogP contribution in [0.25, 0.3) is 0 Å². The Kier molecular flexibility index (Phi) is 7.56. The molecule has 0 aliphatic carbocycles. The molecule has 0 aliphatic heterocycles. The average molecular weight is 481 g/mol. The Morgan fingerprint density at radius 2 is 1.68 bits per heavy atom. The molecule has 0 atom stereocenters. The van der Waals surface area contributed by atoms with E-state index in [1.807, 2.05) is 38.1 Å². The number of rotatable bonds is 7. The zero-order valence-electron chi connectivity index (χ0n) is 17.1. The molecule has 3 rings (SSSR count). The summed E-state index contributed by atoms with van der Waals surface area (Å²) in [7, 11) is 0. The highest BCUT2D eigenvalue weighted by molar-refractivity contribution is 9.10. The quantitative estimate of drug-likeness (QED) is 0.227. The van der Waals surface area contributed by atoms with E-state index >= 15 is 0 Å². The van der Waals surface area contributed by atoms with E-state index in [9.17, 15) is 9.59 Å². The van der Waals surface area contributed by atoms with Gasteiger partial charge in [-0.1, -0.05) is 40.2 Å². The molecule has 158 valence electrons. The number of benzene rings is 3. The lowest BCUT2D eigenvalue weighted by Gasteiger charge is -2.10. The highest BCUT2D eigenvalue weighted by Crippen LogP contribution is 2.22. The summed E-state index contributed by atoms with van der Waals surface area (Å²) < 4.78 is 11.7. The summed E-state index contributed by atoms with van der Waals surface area (Å²) in [5.41, 5.74) is 5.55. The van der Waals surface area contributed by atoms with E-state index in [-0.39, 0.29) is 12.5 Å². The van der Waals surface area contributed by atoms with Gasteiger partial charge in [-0.15, -0.1) is 0 Å². The third-order valence-corrected chi connectivity index (χ3v) is 4.80. The summed E-state index contributed by atoms with van der Waals surface area (Å²) in [6.07, 6.45) is 1.50. The fraction of sp³-hybridized carbons (Fsp3) is 0.125. The molecule has 0 saturated carbocycles. The lowest BCUT2D eigenvalue weighted by molar-refractivity contribution is -0.123. The number of carbonyl (C=O) groups is 2. The molecule has 1 amide bonds. The molecule has 0 aliphatic rings. The first-order valence-corrected chi connectivity index (χ1v) is 10.3. The molecule has 31 heavy (non-hydrogen) atoms. The summed E-state index contributed by atoms with van der Waals surface area (Å²) >= 11 is 3.33. The van der Waals surface area contributed by atoms with Crippen LogP contribution in [0.2, 0.25) is 0 Å². The van der Waals surface area contributed by atoms with Crippen LogP contribution < -0.4 is 14.9 Å². The minimum absolute atomic E-state index is 0.131. The predicted molar refractivity (Wildman–Crippen MR) is 123 cm³/mol. The largest absolute Gasteiger partial charge is 0.483 e. The van der Waals surface area contributed by atoms with E-state index in [1.165, 1.54) is 6.21 Å². The Morgan fingerprint density at radius 1 is 1.00 bits per heavy atom. The first-order valence-electron chi connectivity index (χ1n) is 9.51. The van der Waals surface area contributed by atoms with Gasteiger partial charge in [-0.2, -0.15) is 5.10 Å². The Labute approximate surface area is 189 Å². The third kappa shape index (κ3) is 6.52. The molecule has 0 bridgehead atoms. The van der Waals surface area contributed by atoms with Gasteiger partial charge in [0, 0.05) is 4.47 Å². The molecule has 0 aromatic heterocycles. The molecule has 6 nitrogen and oxygen atoms in total. The van der Waals surface area contributed by atoms with E-state index in [4.69, 9.17) is 9.47 Å². The maximum atomic E-state index is 12.2. The van der Waals surface area contributed by atoms with Crippen molar-refractivity contribution in [3.8, 4) is 11.5 Å². The van der Waals surface area contributed by atoms with Gasteiger partial charge in [0.2, 0.25) is 0 Å². The second-order valence-corrected chi connectivity index (χ2v) is 7.69. The van der Waals surface area contributed by atoms with Crippen molar-refractivity contribution in [2.45, 2.75) is 13.8 Å². The molecule has 3 aromatic rings. The number of esters is 1. The number of amides is 1. The maximum absolute atomic E-state index is 12.2. The Bertz CT molecular complexity index is 1090. The van der Waals surface area contributed by atoms with E-state index in [1.54, 1.807) is 42.5 Å². The highest BCUT2D eigenvalue weighted by atomic mass is 79.9. The van der Waals surface area contributed by atoms with Gasteiger partial charge in [0.25, 0.3) is 5.91 Å². The predicted octanol–water partition coefficient (Wildman–Crippen LogP) is 4.81.